The van der Waals surface area contributed by atoms with Crippen molar-refractivity contribution >= 4 is 34.2 Å². The molecule has 7 rings (SSSR count). The van der Waals surface area contributed by atoms with Gasteiger partial charge in [-0.2, -0.15) is 5.10 Å². The minimum atomic E-state index is 0.571. The van der Waals surface area contributed by atoms with Gasteiger partial charge in [0.1, 0.15) is 0 Å². The standard InChI is InChI=1S/C40H31N5.2C2H6/c1-28-37(44-45-36(30-17-8-4-9-18-30)26-32-21-12-13-24-35(32)38(28)45)33-22-14-23-34(25-33)40(42-27-29-15-6-3-7-16-29)43-39(41-2)31-19-10-5-11-20-31;2*1-2/h3-27H,1-2H3;2*1-2H3. The Labute approximate surface area is 290 Å². The summed E-state index contributed by atoms with van der Waals surface area (Å²) in [5.41, 5.74) is 9.11. The van der Waals surface area contributed by atoms with Crippen LogP contribution in [-0.2, 0) is 0 Å². The summed E-state index contributed by atoms with van der Waals surface area (Å²) in [5, 5.41) is 7.60. The Morgan fingerprint density at radius 2 is 1.20 bits per heavy atom. The fourth-order valence-corrected chi connectivity index (χ4v) is 5.70. The lowest BCUT2D eigenvalue weighted by molar-refractivity contribution is 0.979. The number of fused-ring (bicyclic) bond motifs is 3. The van der Waals surface area contributed by atoms with Crippen molar-refractivity contribution < 1.29 is 0 Å². The lowest BCUT2D eigenvalue weighted by Crippen LogP contribution is -2.06. The molecule has 0 N–H and O–H groups in total. The van der Waals surface area contributed by atoms with Gasteiger partial charge in [0.15, 0.2) is 11.7 Å². The number of aromatic nitrogens is 2. The third-order valence-electron chi connectivity index (χ3n) is 7.91. The van der Waals surface area contributed by atoms with Gasteiger partial charge in [0.2, 0.25) is 0 Å². The zero-order valence-corrected chi connectivity index (χ0v) is 29.2. The summed E-state index contributed by atoms with van der Waals surface area (Å²) < 4.78 is 2.09. The highest BCUT2D eigenvalue weighted by Crippen LogP contribution is 2.35. The number of aliphatic imine (C=N–C) groups is 3. The predicted molar refractivity (Wildman–Crippen MR) is 210 cm³/mol. The van der Waals surface area contributed by atoms with Gasteiger partial charge in [-0.3, -0.25) is 4.99 Å². The zero-order valence-electron chi connectivity index (χ0n) is 29.2. The summed E-state index contributed by atoms with van der Waals surface area (Å²) in [6, 6.07) is 49.5. The Hall–Kier alpha value is -5.94. The second-order valence-electron chi connectivity index (χ2n) is 10.8. The van der Waals surface area contributed by atoms with Crippen LogP contribution in [0.15, 0.2) is 161 Å². The average molecular weight is 642 g/mol. The number of hydrogen-bond acceptors (Lipinski definition) is 2. The molecule has 0 amide bonds. The molecule has 0 bridgehead atoms. The Morgan fingerprint density at radius 1 is 0.612 bits per heavy atom. The van der Waals surface area contributed by atoms with E-state index in [0.717, 1.165) is 50.3 Å². The first-order valence-corrected chi connectivity index (χ1v) is 17.0. The lowest BCUT2D eigenvalue weighted by Gasteiger charge is -2.09. The number of rotatable bonds is 5. The monoisotopic (exact) mass is 641 g/mol. The van der Waals surface area contributed by atoms with Crippen molar-refractivity contribution in [3.05, 3.63) is 168 Å². The van der Waals surface area contributed by atoms with E-state index in [0.29, 0.717) is 11.7 Å². The van der Waals surface area contributed by atoms with Gasteiger partial charge in [-0.1, -0.05) is 161 Å². The number of nitrogens with zero attached hydrogens (tertiary/aromatic N) is 5. The van der Waals surface area contributed by atoms with Crippen LogP contribution in [0, 0.1) is 6.92 Å². The lowest BCUT2D eigenvalue weighted by atomic mass is 10.0. The van der Waals surface area contributed by atoms with Crippen molar-refractivity contribution in [3.8, 4) is 22.5 Å². The maximum atomic E-state index is 5.24. The van der Waals surface area contributed by atoms with E-state index in [1.165, 1.54) is 10.8 Å². The first kappa shape index (κ1) is 34.4. The van der Waals surface area contributed by atoms with E-state index < -0.39 is 0 Å². The van der Waals surface area contributed by atoms with Crippen molar-refractivity contribution in [3.63, 3.8) is 0 Å². The smallest absolute Gasteiger partial charge is 0.161 e. The highest BCUT2D eigenvalue weighted by atomic mass is 15.2. The molecule has 5 aromatic carbocycles. The fraction of sp³-hybridized carbons (Fsp3) is 0.136. The van der Waals surface area contributed by atoms with Crippen molar-refractivity contribution in [1.82, 2.24) is 9.61 Å². The van der Waals surface area contributed by atoms with Crippen LogP contribution in [-0.4, -0.2) is 34.5 Å². The van der Waals surface area contributed by atoms with E-state index in [1.54, 1.807) is 7.05 Å². The molecule has 2 heterocycles. The molecule has 0 aliphatic rings. The van der Waals surface area contributed by atoms with Gasteiger partial charge in [-0.05, 0) is 30.0 Å². The maximum absolute atomic E-state index is 5.24. The average Bonchev–Trinajstić information content (AvgIpc) is 3.54. The van der Waals surface area contributed by atoms with Crippen LogP contribution in [0.5, 0.6) is 0 Å². The number of hydrogen-bond donors (Lipinski definition) is 0. The molecule has 5 nitrogen and oxygen atoms in total. The van der Waals surface area contributed by atoms with Crippen molar-refractivity contribution in [2.75, 3.05) is 7.05 Å². The van der Waals surface area contributed by atoms with Crippen molar-refractivity contribution in [2.24, 2.45) is 15.0 Å². The molecule has 0 atom stereocenters. The Kier molecular flexibility index (Phi) is 11.8. The normalized spacial score (nSPS) is 11.6. The van der Waals surface area contributed by atoms with Crippen LogP contribution in [0.25, 0.3) is 38.8 Å². The van der Waals surface area contributed by atoms with Gasteiger partial charge in [0, 0.05) is 46.5 Å². The summed E-state index contributed by atoms with van der Waals surface area (Å²) in [5.74, 6) is 1.19. The first-order chi connectivity index (χ1) is 24.2. The van der Waals surface area contributed by atoms with Gasteiger partial charge in [0.25, 0.3) is 0 Å². The topological polar surface area (TPSA) is 54.4 Å². The summed E-state index contributed by atoms with van der Waals surface area (Å²) in [6.07, 6.45) is 1.85. The molecule has 2 aromatic heterocycles. The minimum absolute atomic E-state index is 0.571. The number of benzene rings is 5. The van der Waals surface area contributed by atoms with Gasteiger partial charge < -0.3 is 0 Å². The molecule has 244 valence electrons. The molecular formula is C44H43N5. The van der Waals surface area contributed by atoms with E-state index >= 15 is 0 Å². The Morgan fingerprint density at radius 3 is 1.90 bits per heavy atom. The van der Waals surface area contributed by atoms with Gasteiger partial charge >= 0.3 is 0 Å². The third kappa shape index (κ3) is 7.63. The predicted octanol–water partition coefficient (Wildman–Crippen LogP) is 11.1. The third-order valence-corrected chi connectivity index (χ3v) is 7.91. The van der Waals surface area contributed by atoms with Crippen molar-refractivity contribution in [2.45, 2.75) is 34.6 Å². The highest BCUT2D eigenvalue weighted by molar-refractivity contribution is 6.14. The van der Waals surface area contributed by atoms with Gasteiger partial charge in [-0.15, -0.1) is 0 Å². The molecule has 0 radical (unpaired) electrons. The molecule has 0 saturated heterocycles. The summed E-state index contributed by atoms with van der Waals surface area (Å²) in [6.45, 7) is 10.2. The van der Waals surface area contributed by atoms with E-state index in [2.05, 4.69) is 83.2 Å². The molecular weight excluding hydrogens is 599 g/mol. The first-order valence-electron chi connectivity index (χ1n) is 17.0. The van der Waals surface area contributed by atoms with Crippen LogP contribution in [0.1, 0.15) is 49.9 Å². The molecule has 0 aliphatic carbocycles. The molecule has 7 aromatic rings. The molecule has 49 heavy (non-hydrogen) atoms. The summed E-state index contributed by atoms with van der Waals surface area (Å²) in [4.78, 5) is 14.4. The quantitative estimate of drug-likeness (QED) is 0.136. The van der Waals surface area contributed by atoms with Crippen molar-refractivity contribution in [1.29, 1.82) is 0 Å². The van der Waals surface area contributed by atoms with Crippen LogP contribution < -0.4 is 0 Å². The van der Waals surface area contributed by atoms with E-state index in [9.17, 15) is 0 Å². The minimum Gasteiger partial charge on any atom is -0.270 e. The van der Waals surface area contributed by atoms with Gasteiger partial charge in [-0.25, -0.2) is 14.5 Å². The number of aryl methyl sites for hydroxylation is 1. The van der Waals surface area contributed by atoms with Crippen LogP contribution in [0.3, 0.4) is 0 Å². The van der Waals surface area contributed by atoms with E-state index in [1.807, 2.05) is 113 Å². The highest BCUT2D eigenvalue weighted by Gasteiger charge is 2.18. The number of amidine groups is 2. The second kappa shape index (κ2) is 16.8. The summed E-state index contributed by atoms with van der Waals surface area (Å²) >= 11 is 0. The molecule has 0 fully saturated rings. The van der Waals surface area contributed by atoms with E-state index in [4.69, 9.17) is 15.1 Å². The number of pyridine rings is 1. The molecule has 0 aliphatic heterocycles. The molecule has 0 saturated carbocycles. The van der Waals surface area contributed by atoms with Gasteiger partial charge in [0.05, 0.1) is 16.9 Å². The fourth-order valence-electron chi connectivity index (χ4n) is 5.70. The summed E-state index contributed by atoms with van der Waals surface area (Å²) in [7, 11) is 1.76. The van der Waals surface area contributed by atoms with Crippen LogP contribution >= 0.6 is 0 Å². The maximum Gasteiger partial charge on any atom is 0.161 e. The van der Waals surface area contributed by atoms with E-state index in [-0.39, 0.29) is 0 Å². The Balaban J connectivity index is 0.00000113. The second-order valence-corrected chi connectivity index (χ2v) is 10.8. The molecule has 0 unspecified atom stereocenters. The van der Waals surface area contributed by atoms with Crippen LogP contribution in [0.2, 0.25) is 0 Å². The zero-order chi connectivity index (χ0) is 34.6. The largest absolute Gasteiger partial charge is 0.270 e. The molecule has 5 heteroatoms. The molecule has 0 spiro atoms. The van der Waals surface area contributed by atoms with Crippen LogP contribution in [0.4, 0.5) is 0 Å². The SMILES string of the molecule is CC.CC.CN=C(N=C(N=Cc1ccccc1)c1cccc(-c2nn3c(-c4ccccc4)cc4ccccc4c3c2C)c1)c1ccccc1. The Bertz CT molecular complexity index is 2210.